The number of amides is 1. The van der Waals surface area contributed by atoms with Crippen molar-refractivity contribution in [2.75, 3.05) is 0 Å². The Balaban J connectivity index is 4.85. The Morgan fingerprint density at radius 1 is 1.10 bits per heavy atom. The van der Waals surface area contributed by atoms with Crippen LogP contribution in [0.15, 0.2) is 5.11 Å². The molecule has 0 aromatic heterocycles. The Labute approximate surface area is 124 Å². The number of esters is 1. The number of nitrogens with zero attached hydrogens (tertiary/aromatic N) is 3. The van der Waals surface area contributed by atoms with E-state index in [0.29, 0.717) is 0 Å². The Morgan fingerprint density at radius 2 is 1.57 bits per heavy atom. The highest BCUT2D eigenvalue weighted by Gasteiger charge is 2.31. The fourth-order valence-corrected chi connectivity index (χ4v) is 1.34. The molecule has 0 aromatic carbocycles. The number of carbonyl (C=O) groups is 2. The van der Waals surface area contributed by atoms with Gasteiger partial charge in [0, 0.05) is 11.0 Å². The first-order valence-corrected chi connectivity index (χ1v) is 6.62. The molecule has 0 heterocycles. The van der Waals surface area contributed by atoms with Crippen molar-refractivity contribution in [3.8, 4) is 0 Å². The lowest BCUT2D eigenvalue weighted by Crippen LogP contribution is -2.47. The van der Waals surface area contributed by atoms with Crippen LogP contribution in [0.1, 0.15) is 48.5 Å². The third-order valence-corrected chi connectivity index (χ3v) is 2.04. The average Bonchev–Trinajstić information content (AvgIpc) is 2.19. The quantitative estimate of drug-likeness (QED) is 0.372. The molecule has 8 heteroatoms. The van der Waals surface area contributed by atoms with Crippen molar-refractivity contribution in [3.05, 3.63) is 10.4 Å². The van der Waals surface area contributed by atoms with Crippen LogP contribution in [-0.4, -0.2) is 35.3 Å². The summed E-state index contributed by atoms with van der Waals surface area (Å²) in [7, 11) is 0. The Hall–Kier alpha value is -1.95. The van der Waals surface area contributed by atoms with Gasteiger partial charge in [0.2, 0.25) is 0 Å². The topological polar surface area (TPSA) is 113 Å². The minimum Gasteiger partial charge on any atom is -0.460 e. The second-order valence-corrected chi connectivity index (χ2v) is 6.62. The van der Waals surface area contributed by atoms with E-state index in [9.17, 15) is 9.59 Å². The van der Waals surface area contributed by atoms with Crippen LogP contribution < -0.4 is 5.32 Å². The van der Waals surface area contributed by atoms with Gasteiger partial charge in [-0.15, -0.1) is 0 Å². The van der Waals surface area contributed by atoms with E-state index in [2.05, 4.69) is 15.3 Å². The molecule has 0 saturated carbocycles. The van der Waals surface area contributed by atoms with Crippen molar-refractivity contribution < 1.29 is 19.1 Å². The number of hydrogen-bond acceptors (Lipinski definition) is 5. The standard InChI is InChI=1S/C13H24N4O4/c1-8(15-11(19)21-13(5,6)7)9(16-17-14)10(18)20-12(2,3)4/h8-9H,1-7H3,(H,15,19)/t8-,9+/m0/s1. The van der Waals surface area contributed by atoms with Crippen molar-refractivity contribution >= 4 is 12.1 Å². The number of rotatable bonds is 4. The molecule has 0 saturated heterocycles. The van der Waals surface area contributed by atoms with Crippen LogP contribution in [-0.2, 0) is 14.3 Å². The van der Waals surface area contributed by atoms with Crippen LogP contribution >= 0.6 is 0 Å². The second-order valence-electron chi connectivity index (χ2n) is 6.62. The third kappa shape index (κ3) is 8.75. The summed E-state index contributed by atoms with van der Waals surface area (Å²) < 4.78 is 10.2. The first-order valence-electron chi connectivity index (χ1n) is 6.62. The van der Waals surface area contributed by atoms with Crippen LogP contribution in [0.2, 0.25) is 0 Å². The zero-order chi connectivity index (χ0) is 16.8. The summed E-state index contributed by atoms with van der Waals surface area (Å²) in [5, 5.41) is 5.85. The molecule has 0 aliphatic heterocycles. The lowest BCUT2D eigenvalue weighted by molar-refractivity contribution is -0.156. The van der Waals surface area contributed by atoms with Gasteiger partial charge < -0.3 is 14.8 Å². The van der Waals surface area contributed by atoms with Crippen molar-refractivity contribution in [2.45, 2.75) is 71.8 Å². The van der Waals surface area contributed by atoms with Gasteiger partial charge in [0.1, 0.15) is 11.2 Å². The van der Waals surface area contributed by atoms with Gasteiger partial charge in [0.05, 0.1) is 0 Å². The van der Waals surface area contributed by atoms with E-state index < -0.39 is 35.3 Å². The van der Waals surface area contributed by atoms with Gasteiger partial charge in [0.25, 0.3) is 0 Å². The third-order valence-electron chi connectivity index (χ3n) is 2.04. The zero-order valence-corrected chi connectivity index (χ0v) is 13.6. The summed E-state index contributed by atoms with van der Waals surface area (Å²) in [5.74, 6) is -0.705. The summed E-state index contributed by atoms with van der Waals surface area (Å²) in [6, 6.07) is -1.92. The first-order chi connectivity index (χ1) is 9.35. The van der Waals surface area contributed by atoms with Crippen molar-refractivity contribution in [3.63, 3.8) is 0 Å². The Bertz CT molecular complexity index is 430. The summed E-state index contributed by atoms with van der Waals surface area (Å²) >= 11 is 0. The van der Waals surface area contributed by atoms with E-state index >= 15 is 0 Å². The van der Waals surface area contributed by atoms with E-state index in [4.69, 9.17) is 15.0 Å². The smallest absolute Gasteiger partial charge is 0.407 e. The summed E-state index contributed by atoms with van der Waals surface area (Å²) in [6.07, 6.45) is -0.698. The van der Waals surface area contributed by atoms with Gasteiger partial charge in [-0.1, -0.05) is 5.11 Å². The molecular weight excluding hydrogens is 276 g/mol. The molecule has 0 aliphatic carbocycles. The SMILES string of the molecule is C[C@H](NC(=O)OC(C)(C)C)[C@@H](N=[N+]=[N-])C(=O)OC(C)(C)C. The fraction of sp³-hybridized carbons (Fsp3) is 0.846. The van der Waals surface area contributed by atoms with Crippen LogP contribution in [0.3, 0.4) is 0 Å². The van der Waals surface area contributed by atoms with Gasteiger partial charge in [0.15, 0.2) is 6.04 Å². The van der Waals surface area contributed by atoms with Crippen LogP contribution in [0.4, 0.5) is 4.79 Å². The Kier molecular flexibility index (Phi) is 6.51. The van der Waals surface area contributed by atoms with Crippen LogP contribution in [0, 0.1) is 0 Å². The maximum absolute atomic E-state index is 12.0. The molecule has 0 aromatic rings. The first kappa shape index (κ1) is 19.1. The summed E-state index contributed by atoms with van der Waals surface area (Å²) in [4.78, 5) is 26.3. The molecule has 21 heavy (non-hydrogen) atoms. The van der Waals surface area contributed by atoms with E-state index in [1.54, 1.807) is 41.5 Å². The molecule has 0 spiro atoms. The van der Waals surface area contributed by atoms with Crippen LogP contribution in [0.5, 0.6) is 0 Å². The van der Waals surface area contributed by atoms with E-state index in [-0.39, 0.29) is 0 Å². The summed E-state index contributed by atoms with van der Waals surface area (Å²) in [6.45, 7) is 11.8. The highest BCUT2D eigenvalue weighted by atomic mass is 16.6. The average molecular weight is 300 g/mol. The maximum Gasteiger partial charge on any atom is 0.407 e. The monoisotopic (exact) mass is 300 g/mol. The number of ether oxygens (including phenoxy) is 2. The molecule has 0 rings (SSSR count). The highest BCUT2D eigenvalue weighted by Crippen LogP contribution is 2.13. The lowest BCUT2D eigenvalue weighted by Gasteiger charge is -2.26. The Morgan fingerprint density at radius 3 is 1.95 bits per heavy atom. The lowest BCUT2D eigenvalue weighted by atomic mass is 10.1. The van der Waals surface area contributed by atoms with Gasteiger partial charge in [-0.2, -0.15) is 0 Å². The normalized spacial score (nSPS) is 14.4. The molecule has 1 amide bonds. The van der Waals surface area contributed by atoms with Crippen LogP contribution in [0.25, 0.3) is 10.4 Å². The number of azide groups is 1. The largest absolute Gasteiger partial charge is 0.460 e. The molecule has 8 nitrogen and oxygen atoms in total. The molecule has 0 radical (unpaired) electrons. The second kappa shape index (κ2) is 7.17. The molecular formula is C13H24N4O4. The minimum atomic E-state index is -1.17. The fourth-order valence-electron chi connectivity index (χ4n) is 1.34. The number of nitrogens with one attached hydrogen (secondary N) is 1. The van der Waals surface area contributed by atoms with Gasteiger partial charge in [-0.25, -0.2) is 4.79 Å². The number of alkyl carbamates (subject to hydrolysis) is 1. The minimum absolute atomic E-state index is 0.663. The molecule has 0 aliphatic rings. The summed E-state index contributed by atoms with van der Waals surface area (Å²) in [5.41, 5.74) is 7.18. The predicted octanol–water partition coefficient (Wildman–Crippen LogP) is 2.92. The highest BCUT2D eigenvalue weighted by molar-refractivity contribution is 5.78. The van der Waals surface area contributed by atoms with Gasteiger partial charge >= 0.3 is 12.1 Å². The van der Waals surface area contributed by atoms with Gasteiger partial charge in [-0.05, 0) is 54.0 Å². The van der Waals surface area contributed by atoms with Crippen molar-refractivity contribution in [1.29, 1.82) is 0 Å². The predicted molar refractivity (Wildman–Crippen MR) is 77.6 cm³/mol. The molecule has 0 bridgehead atoms. The van der Waals surface area contributed by atoms with E-state index in [0.717, 1.165) is 0 Å². The molecule has 1 N–H and O–H groups in total. The van der Waals surface area contributed by atoms with E-state index in [1.165, 1.54) is 6.92 Å². The maximum atomic E-state index is 12.0. The molecule has 0 fully saturated rings. The van der Waals surface area contributed by atoms with E-state index in [1.807, 2.05) is 0 Å². The zero-order valence-electron chi connectivity index (χ0n) is 13.6. The van der Waals surface area contributed by atoms with Crippen molar-refractivity contribution in [1.82, 2.24) is 5.32 Å². The number of hydrogen-bond donors (Lipinski definition) is 1. The molecule has 120 valence electrons. The molecule has 0 unspecified atom stereocenters. The number of carbonyl (C=O) groups excluding carboxylic acids is 2. The van der Waals surface area contributed by atoms with Gasteiger partial charge in [-0.3, -0.25) is 4.79 Å². The van der Waals surface area contributed by atoms with Crippen molar-refractivity contribution in [2.24, 2.45) is 5.11 Å². The molecule has 2 atom stereocenters.